The van der Waals surface area contributed by atoms with Crippen molar-refractivity contribution < 1.29 is 9.47 Å². The van der Waals surface area contributed by atoms with Gasteiger partial charge in [0.25, 0.3) is 0 Å². The molecule has 146 valence electrons. The summed E-state index contributed by atoms with van der Waals surface area (Å²) >= 11 is 6.26. The third kappa shape index (κ3) is 3.98. The Morgan fingerprint density at radius 3 is 2.70 bits per heavy atom. The first-order valence-corrected chi connectivity index (χ1v) is 9.52. The maximum atomic E-state index is 6.44. The monoisotopic (exact) mass is 391 g/mol. The molecule has 27 heavy (non-hydrogen) atoms. The van der Waals surface area contributed by atoms with Gasteiger partial charge in [0, 0.05) is 18.7 Å². The van der Waals surface area contributed by atoms with Crippen molar-refractivity contribution in [1.29, 1.82) is 0 Å². The second-order valence-electron chi connectivity index (χ2n) is 6.52. The number of anilines is 4. The number of hydrogen-bond donors (Lipinski definition) is 2. The van der Waals surface area contributed by atoms with Gasteiger partial charge >= 0.3 is 0 Å². The molecule has 1 aliphatic heterocycles. The second-order valence-corrected chi connectivity index (χ2v) is 6.93. The van der Waals surface area contributed by atoms with Gasteiger partial charge in [-0.05, 0) is 31.7 Å². The highest BCUT2D eigenvalue weighted by Crippen LogP contribution is 2.39. The average molecular weight is 392 g/mol. The number of nitrogens with one attached hydrogen (secondary N) is 1. The number of methoxy groups -OCH3 is 2. The van der Waals surface area contributed by atoms with E-state index in [-0.39, 0.29) is 0 Å². The zero-order valence-electron chi connectivity index (χ0n) is 16.0. The first-order valence-electron chi connectivity index (χ1n) is 9.14. The number of nitrogens with two attached hydrogens (primary N) is 1. The fraction of sp³-hybridized carbons (Fsp3) is 0.474. The third-order valence-corrected chi connectivity index (χ3v) is 5.26. The number of hydrogen-bond acceptors (Lipinski definition) is 7. The van der Waals surface area contributed by atoms with Crippen molar-refractivity contribution in [3.05, 3.63) is 23.5 Å². The van der Waals surface area contributed by atoms with Gasteiger partial charge in [-0.25, -0.2) is 9.97 Å². The molecule has 3 N–H and O–H groups in total. The Morgan fingerprint density at radius 1 is 1.22 bits per heavy atom. The summed E-state index contributed by atoms with van der Waals surface area (Å²) in [4.78, 5) is 11.1. The van der Waals surface area contributed by atoms with Crippen molar-refractivity contribution in [1.82, 2.24) is 9.97 Å². The van der Waals surface area contributed by atoms with Crippen LogP contribution in [0.2, 0.25) is 5.02 Å². The molecule has 8 heteroatoms. The predicted molar refractivity (Wildman–Crippen MR) is 110 cm³/mol. The number of halogens is 1. The molecular weight excluding hydrogens is 366 g/mol. The Kier molecular flexibility index (Phi) is 6.11. The molecule has 1 aliphatic rings. The van der Waals surface area contributed by atoms with Crippen LogP contribution in [0.1, 0.15) is 32.6 Å². The van der Waals surface area contributed by atoms with Crippen LogP contribution < -0.4 is 25.4 Å². The molecule has 1 saturated heterocycles. The maximum absolute atomic E-state index is 6.44. The smallest absolute Gasteiger partial charge is 0.159 e. The Labute approximate surface area is 164 Å². The van der Waals surface area contributed by atoms with Crippen molar-refractivity contribution in [2.24, 2.45) is 0 Å². The summed E-state index contributed by atoms with van der Waals surface area (Å²) in [5, 5.41) is 3.70. The van der Waals surface area contributed by atoms with Crippen molar-refractivity contribution in [2.45, 2.75) is 38.6 Å². The van der Waals surface area contributed by atoms with E-state index in [2.05, 4.69) is 27.1 Å². The van der Waals surface area contributed by atoms with Gasteiger partial charge in [0.15, 0.2) is 11.6 Å². The Balaban J connectivity index is 1.94. The topological polar surface area (TPSA) is 85.5 Å². The van der Waals surface area contributed by atoms with Crippen molar-refractivity contribution in [3.63, 3.8) is 0 Å². The molecule has 0 spiro atoms. The quantitative estimate of drug-likeness (QED) is 0.761. The van der Waals surface area contributed by atoms with E-state index in [9.17, 15) is 0 Å². The zero-order valence-corrected chi connectivity index (χ0v) is 16.7. The molecule has 0 radical (unpaired) electrons. The van der Waals surface area contributed by atoms with Gasteiger partial charge in [0.05, 0.1) is 24.9 Å². The highest BCUT2D eigenvalue weighted by Gasteiger charge is 2.25. The van der Waals surface area contributed by atoms with Gasteiger partial charge in [-0.1, -0.05) is 18.5 Å². The highest BCUT2D eigenvalue weighted by molar-refractivity contribution is 6.32. The van der Waals surface area contributed by atoms with Gasteiger partial charge < -0.3 is 25.4 Å². The van der Waals surface area contributed by atoms with Crippen LogP contribution >= 0.6 is 11.6 Å². The lowest BCUT2D eigenvalue weighted by molar-refractivity contribution is 0.396. The molecule has 2 aromatic rings. The Morgan fingerprint density at radius 2 is 2.00 bits per heavy atom. The molecule has 1 fully saturated rings. The van der Waals surface area contributed by atoms with Crippen LogP contribution in [0.25, 0.3) is 0 Å². The second kappa shape index (κ2) is 8.52. The molecule has 1 unspecified atom stereocenters. The number of piperidine rings is 1. The standard InChI is InChI=1S/C19H26ClN5O2/c1-4-12-7-5-6-8-25(12)19-17(21)18(22-11-23-19)24-14-9-13(20)15(26-2)10-16(14)27-3/h9-12H,4-8,21H2,1-3H3,(H,22,23,24). The molecular formula is C19H26ClN5O2. The van der Waals surface area contributed by atoms with E-state index in [1.54, 1.807) is 26.4 Å². The number of ether oxygens (including phenoxy) is 2. The SMILES string of the molecule is CCC1CCCCN1c1ncnc(Nc2cc(Cl)c(OC)cc2OC)c1N. The number of nitrogens with zero attached hydrogens (tertiary/aromatic N) is 3. The number of rotatable bonds is 6. The van der Waals surface area contributed by atoms with Crippen LogP contribution in [0.4, 0.5) is 23.0 Å². The predicted octanol–water partition coefficient (Wildman–Crippen LogP) is 4.24. The fourth-order valence-electron chi connectivity index (χ4n) is 3.50. The van der Waals surface area contributed by atoms with E-state index in [4.69, 9.17) is 26.8 Å². The number of aromatic nitrogens is 2. The van der Waals surface area contributed by atoms with Gasteiger partial charge in [-0.3, -0.25) is 0 Å². The minimum Gasteiger partial charge on any atom is -0.495 e. The lowest BCUT2D eigenvalue weighted by atomic mass is 10.00. The minimum atomic E-state index is 0.453. The molecule has 0 saturated carbocycles. The largest absolute Gasteiger partial charge is 0.495 e. The van der Waals surface area contributed by atoms with E-state index in [1.807, 2.05) is 0 Å². The molecule has 7 nitrogen and oxygen atoms in total. The molecule has 1 atom stereocenters. The van der Waals surface area contributed by atoms with Gasteiger partial charge in [0.1, 0.15) is 23.5 Å². The first-order chi connectivity index (χ1) is 13.1. The van der Waals surface area contributed by atoms with Crippen LogP contribution in [0, 0.1) is 0 Å². The van der Waals surface area contributed by atoms with E-state index in [1.165, 1.54) is 12.7 Å². The summed E-state index contributed by atoms with van der Waals surface area (Å²) in [6, 6.07) is 3.91. The molecule has 0 bridgehead atoms. The highest BCUT2D eigenvalue weighted by atomic mass is 35.5. The molecule has 0 amide bonds. The summed E-state index contributed by atoms with van der Waals surface area (Å²) in [5.41, 5.74) is 7.61. The van der Waals surface area contributed by atoms with E-state index < -0.39 is 0 Å². The van der Waals surface area contributed by atoms with E-state index >= 15 is 0 Å². The van der Waals surface area contributed by atoms with E-state index in [0.29, 0.717) is 39.8 Å². The van der Waals surface area contributed by atoms with Crippen molar-refractivity contribution in [2.75, 3.05) is 36.7 Å². The number of nitrogen functional groups attached to an aromatic ring is 1. The molecule has 0 aliphatic carbocycles. The third-order valence-electron chi connectivity index (χ3n) is 4.96. The molecule has 1 aromatic carbocycles. The zero-order chi connectivity index (χ0) is 19.4. The molecule has 1 aromatic heterocycles. The first kappa shape index (κ1) is 19.4. The summed E-state index contributed by atoms with van der Waals surface area (Å²) in [6.07, 6.45) is 6.14. The lowest BCUT2D eigenvalue weighted by Gasteiger charge is -2.36. The fourth-order valence-corrected chi connectivity index (χ4v) is 3.74. The van der Waals surface area contributed by atoms with Crippen LogP contribution in [0.5, 0.6) is 11.5 Å². The summed E-state index contributed by atoms with van der Waals surface area (Å²) < 4.78 is 10.7. The molecule has 3 rings (SSSR count). The van der Waals surface area contributed by atoms with Crippen LogP contribution in [0.3, 0.4) is 0 Å². The van der Waals surface area contributed by atoms with Crippen LogP contribution in [-0.4, -0.2) is 36.8 Å². The van der Waals surface area contributed by atoms with E-state index in [0.717, 1.165) is 31.6 Å². The Bertz CT molecular complexity index is 802. The maximum Gasteiger partial charge on any atom is 0.159 e. The summed E-state index contributed by atoms with van der Waals surface area (Å²) in [5.74, 6) is 2.42. The van der Waals surface area contributed by atoms with Gasteiger partial charge in [-0.2, -0.15) is 0 Å². The average Bonchev–Trinajstić information content (AvgIpc) is 2.70. The summed E-state index contributed by atoms with van der Waals surface area (Å²) in [7, 11) is 3.15. The van der Waals surface area contributed by atoms with Crippen molar-refractivity contribution in [3.8, 4) is 11.5 Å². The van der Waals surface area contributed by atoms with Gasteiger partial charge in [0.2, 0.25) is 0 Å². The minimum absolute atomic E-state index is 0.453. The van der Waals surface area contributed by atoms with Crippen molar-refractivity contribution >= 4 is 34.6 Å². The molecule has 2 heterocycles. The lowest BCUT2D eigenvalue weighted by Crippen LogP contribution is -2.40. The van der Waals surface area contributed by atoms with Gasteiger partial charge in [-0.15, -0.1) is 0 Å². The Hall–Kier alpha value is -2.41. The number of benzene rings is 1. The summed E-state index contributed by atoms with van der Waals surface area (Å²) in [6.45, 7) is 3.15. The van der Waals surface area contributed by atoms with Crippen LogP contribution in [0.15, 0.2) is 18.5 Å². The normalized spacial score (nSPS) is 16.9. The van der Waals surface area contributed by atoms with Crippen LogP contribution in [-0.2, 0) is 0 Å².